The normalized spacial score (nSPS) is 20.6. The number of nitrogens with zero attached hydrogens (tertiary/aromatic N) is 2. The molecule has 0 spiro atoms. The van der Waals surface area contributed by atoms with Crippen molar-refractivity contribution in [3.05, 3.63) is 23.0 Å². The molecule has 1 N–H and O–H groups in total. The van der Waals surface area contributed by atoms with E-state index >= 15 is 0 Å². The van der Waals surface area contributed by atoms with E-state index in [0.29, 0.717) is 5.69 Å². The molecule has 0 saturated carbocycles. The minimum Gasteiger partial charge on any atom is -0.478 e. The summed E-state index contributed by atoms with van der Waals surface area (Å²) in [5.74, 6) is -1.36. The van der Waals surface area contributed by atoms with Crippen LogP contribution in [0.2, 0.25) is 5.15 Å². The van der Waals surface area contributed by atoms with Crippen LogP contribution in [0, 0.1) is 6.92 Å². The lowest BCUT2D eigenvalue weighted by Crippen LogP contribution is -2.41. The zero-order chi connectivity index (χ0) is 14.2. The van der Waals surface area contributed by atoms with Gasteiger partial charge in [0.05, 0.1) is 6.61 Å². The van der Waals surface area contributed by atoms with E-state index in [2.05, 4.69) is 4.98 Å². The van der Waals surface area contributed by atoms with Gasteiger partial charge in [0.15, 0.2) is 0 Å². The lowest BCUT2D eigenvalue weighted by Gasteiger charge is -2.19. The summed E-state index contributed by atoms with van der Waals surface area (Å²) in [5, 5.41) is 8.74. The van der Waals surface area contributed by atoms with Crippen molar-refractivity contribution in [1.29, 1.82) is 0 Å². The number of carbonyl (C=O) groups is 1. The molecule has 0 aromatic carbocycles. The van der Waals surface area contributed by atoms with Crippen LogP contribution in [0.25, 0.3) is 0 Å². The van der Waals surface area contributed by atoms with Gasteiger partial charge in [0, 0.05) is 12.2 Å². The molecule has 7 nitrogen and oxygen atoms in total. The van der Waals surface area contributed by atoms with Gasteiger partial charge in [-0.2, -0.15) is 4.31 Å². The summed E-state index contributed by atoms with van der Waals surface area (Å²) in [6.07, 6.45) is -1.53. The minimum atomic E-state index is -4.05. The van der Waals surface area contributed by atoms with Gasteiger partial charge < -0.3 is 9.84 Å². The molecule has 1 fully saturated rings. The number of pyridine rings is 1. The third kappa shape index (κ3) is 2.57. The molecule has 1 saturated heterocycles. The van der Waals surface area contributed by atoms with Crippen LogP contribution in [0.1, 0.15) is 5.69 Å². The topological polar surface area (TPSA) is 96.8 Å². The van der Waals surface area contributed by atoms with Gasteiger partial charge in [0.1, 0.15) is 10.0 Å². The van der Waals surface area contributed by atoms with E-state index in [1.807, 2.05) is 0 Å². The van der Waals surface area contributed by atoms with Crippen LogP contribution in [0.15, 0.2) is 17.0 Å². The van der Waals surface area contributed by atoms with E-state index in [0.717, 1.165) is 4.31 Å². The first-order valence-electron chi connectivity index (χ1n) is 5.33. The third-order valence-corrected chi connectivity index (χ3v) is 4.88. The fraction of sp³-hybridized carbons (Fsp3) is 0.400. The van der Waals surface area contributed by atoms with E-state index in [1.165, 1.54) is 12.1 Å². The predicted molar refractivity (Wildman–Crippen MR) is 65.3 cm³/mol. The Balaban J connectivity index is 2.45. The van der Waals surface area contributed by atoms with E-state index in [1.54, 1.807) is 6.92 Å². The number of hydrogen-bond acceptors (Lipinski definition) is 5. The van der Waals surface area contributed by atoms with Crippen molar-refractivity contribution >= 4 is 27.6 Å². The molecule has 0 unspecified atom stereocenters. The van der Waals surface area contributed by atoms with Gasteiger partial charge in [0.25, 0.3) is 0 Å². The first-order valence-corrected chi connectivity index (χ1v) is 7.15. The van der Waals surface area contributed by atoms with Crippen LogP contribution in [-0.4, -0.2) is 48.2 Å². The van der Waals surface area contributed by atoms with Gasteiger partial charge in [-0.3, -0.25) is 0 Å². The van der Waals surface area contributed by atoms with Gasteiger partial charge >= 0.3 is 5.97 Å². The second-order valence-corrected chi connectivity index (χ2v) is 6.14. The molecule has 1 aliphatic rings. The van der Waals surface area contributed by atoms with Crippen molar-refractivity contribution in [2.24, 2.45) is 0 Å². The number of hydrogen-bond donors (Lipinski definition) is 1. The lowest BCUT2D eigenvalue weighted by molar-refractivity contribution is -0.151. The molecule has 1 aromatic rings. The summed E-state index contributed by atoms with van der Waals surface area (Å²) in [5.41, 5.74) is 0.566. The number of aryl methyl sites for hydroxylation is 1. The van der Waals surface area contributed by atoms with Crippen molar-refractivity contribution in [2.45, 2.75) is 18.0 Å². The van der Waals surface area contributed by atoms with Gasteiger partial charge in [-0.15, -0.1) is 0 Å². The monoisotopic (exact) mass is 306 g/mol. The quantitative estimate of drug-likeness (QED) is 0.816. The van der Waals surface area contributed by atoms with Crippen LogP contribution in [-0.2, 0) is 19.6 Å². The van der Waals surface area contributed by atoms with Crippen molar-refractivity contribution in [1.82, 2.24) is 9.29 Å². The largest absolute Gasteiger partial charge is 0.478 e. The molecular weight excluding hydrogens is 296 g/mol. The lowest BCUT2D eigenvalue weighted by atomic mass is 10.4. The highest BCUT2D eigenvalue weighted by molar-refractivity contribution is 7.89. The highest BCUT2D eigenvalue weighted by Gasteiger charge is 2.41. The molecule has 2 heterocycles. The zero-order valence-corrected chi connectivity index (χ0v) is 11.5. The van der Waals surface area contributed by atoms with Crippen LogP contribution >= 0.6 is 11.6 Å². The molecule has 1 atom stereocenters. The number of rotatable bonds is 3. The highest BCUT2D eigenvalue weighted by Crippen LogP contribution is 2.27. The molecule has 1 aromatic heterocycles. The Kier molecular flexibility index (Phi) is 3.77. The number of aliphatic carboxylic acids is 1. The highest BCUT2D eigenvalue weighted by atomic mass is 35.5. The van der Waals surface area contributed by atoms with Gasteiger partial charge in [0.2, 0.25) is 16.3 Å². The number of carboxylic acids is 1. The summed E-state index contributed by atoms with van der Waals surface area (Å²) in [4.78, 5) is 14.6. The Morgan fingerprint density at radius 1 is 1.58 bits per heavy atom. The average molecular weight is 307 g/mol. The Hall–Kier alpha value is -1.22. The summed E-state index contributed by atoms with van der Waals surface area (Å²) < 4.78 is 30.3. The molecule has 0 amide bonds. The molecule has 2 rings (SSSR count). The molecule has 0 bridgehead atoms. The molecular formula is C10H11ClN2O5S. The molecule has 0 aliphatic carbocycles. The van der Waals surface area contributed by atoms with E-state index in [9.17, 15) is 13.2 Å². The molecule has 0 radical (unpaired) electrons. The Labute approximate surface area is 114 Å². The molecule has 19 heavy (non-hydrogen) atoms. The first kappa shape index (κ1) is 14.2. The first-order chi connectivity index (χ1) is 8.84. The summed E-state index contributed by atoms with van der Waals surface area (Å²) >= 11 is 5.81. The fourth-order valence-corrected chi connectivity index (χ4v) is 3.68. The van der Waals surface area contributed by atoms with E-state index < -0.39 is 22.2 Å². The minimum absolute atomic E-state index is 0.0209. The van der Waals surface area contributed by atoms with Crippen LogP contribution in [0.5, 0.6) is 0 Å². The number of carboxylic acid groups (broad SMARTS) is 1. The number of halogens is 1. The van der Waals surface area contributed by atoms with Crippen molar-refractivity contribution in [3.8, 4) is 0 Å². The molecule has 104 valence electrons. The summed E-state index contributed by atoms with van der Waals surface area (Å²) in [6, 6.07) is 2.79. The number of sulfonamides is 1. The number of aromatic nitrogens is 1. The Morgan fingerprint density at radius 2 is 2.26 bits per heavy atom. The van der Waals surface area contributed by atoms with Crippen LogP contribution in [0.3, 0.4) is 0 Å². The Bertz CT molecular complexity index is 618. The second kappa shape index (κ2) is 5.04. The van der Waals surface area contributed by atoms with Crippen LogP contribution in [0.4, 0.5) is 0 Å². The van der Waals surface area contributed by atoms with Gasteiger partial charge in [-0.25, -0.2) is 18.2 Å². The van der Waals surface area contributed by atoms with Crippen molar-refractivity contribution < 1.29 is 23.1 Å². The SMILES string of the molecule is Cc1ccc(S(=O)(=O)N2CCO[C@@H]2C(=O)O)c(Cl)n1. The maximum Gasteiger partial charge on any atom is 0.349 e. The second-order valence-electron chi connectivity index (χ2n) is 3.92. The van der Waals surface area contributed by atoms with Crippen molar-refractivity contribution in [3.63, 3.8) is 0 Å². The average Bonchev–Trinajstić information content (AvgIpc) is 2.77. The fourth-order valence-electron chi connectivity index (χ4n) is 1.73. The van der Waals surface area contributed by atoms with Crippen molar-refractivity contribution in [2.75, 3.05) is 13.2 Å². The Morgan fingerprint density at radius 3 is 2.84 bits per heavy atom. The summed E-state index contributed by atoms with van der Waals surface area (Å²) in [7, 11) is -4.05. The predicted octanol–water partition coefficient (Wildman–Crippen LogP) is 0.475. The van der Waals surface area contributed by atoms with Gasteiger partial charge in [-0.1, -0.05) is 11.6 Å². The molecule has 1 aliphatic heterocycles. The third-order valence-electron chi connectivity index (χ3n) is 2.60. The summed E-state index contributed by atoms with van der Waals surface area (Å²) in [6.45, 7) is 1.65. The van der Waals surface area contributed by atoms with Gasteiger partial charge in [-0.05, 0) is 19.1 Å². The number of ether oxygens (including phenoxy) is 1. The van der Waals surface area contributed by atoms with E-state index in [4.69, 9.17) is 21.4 Å². The van der Waals surface area contributed by atoms with Crippen LogP contribution < -0.4 is 0 Å². The smallest absolute Gasteiger partial charge is 0.349 e. The van der Waals surface area contributed by atoms with E-state index in [-0.39, 0.29) is 23.2 Å². The maximum absolute atomic E-state index is 12.3. The zero-order valence-electron chi connectivity index (χ0n) is 9.91. The maximum atomic E-state index is 12.3. The standard InChI is InChI=1S/C10H11ClN2O5S/c1-6-2-3-7(8(11)12-6)19(16,17)13-4-5-18-9(13)10(14)15/h2-3,9H,4-5H2,1H3,(H,14,15)/t9-/m1/s1. The molecule has 9 heteroatoms.